The number of aromatic nitrogens is 2. The number of rotatable bonds is 4. The Morgan fingerprint density at radius 3 is 2.64 bits per heavy atom. The third-order valence-electron chi connectivity index (χ3n) is 3.36. The van der Waals surface area contributed by atoms with Crippen molar-refractivity contribution in [2.45, 2.75) is 6.42 Å². The van der Waals surface area contributed by atoms with Crippen LogP contribution in [-0.4, -0.2) is 15.6 Å². The summed E-state index contributed by atoms with van der Waals surface area (Å²) in [5, 5.41) is 4.59. The summed E-state index contributed by atoms with van der Waals surface area (Å²) in [4.78, 5) is 12.3. The van der Waals surface area contributed by atoms with E-state index in [1.165, 1.54) is 0 Å². The van der Waals surface area contributed by atoms with Crippen molar-refractivity contribution in [3.05, 3.63) is 77.1 Å². The lowest BCUT2D eigenvalue weighted by Gasteiger charge is -2.06. The number of anilines is 1. The zero-order valence-corrected chi connectivity index (χ0v) is 12.5. The lowest BCUT2D eigenvalue weighted by molar-refractivity contribution is 0.0993. The quantitative estimate of drug-likeness (QED) is 0.592. The van der Waals surface area contributed by atoms with Crippen LogP contribution in [0.5, 0.6) is 0 Å². The Bertz CT molecular complexity index is 795. The number of ketones is 1. The summed E-state index contributed by atoms with van der Waals surface area (Å²) in [5.74, 6) is -0.0517. The van der Waals surface area contributed by atoms with Crippen LogP contribution in [0, 0.1) is 0 Å². The lowest BCUT2D eigenvalue weighted by atomic mass is 10.0. The second-order valence-corrected chi connectivity index (χ2v) is 5.36. The minimum Gasteiger partial charge on any atom is -0.399 e. The second-order valence-electron chi connectivity index (χ2n) is 4.96. The molecule has 2 aromatic carbocycles. The van der Waals surface area contributed by atoms with Crippen LogP contribution in [0.3, 0.4) is 0 Å². The molecule has 0 amide bonds. The molecule has 0 saturated carbocycles. The molecule has 0 aliphatic carbocycles. The first-order chi connectivity index (χ1) is 10.6. The molecule has 0 radical (unpaired) electrons. The summed E-state index contributed by atoms with van der Waals surface area (Å²) in [6.07, 6.45) is 3.87. The van der Waals surface area contributed by atoms with Gasteiger partial charge in [-0.2, -0.15) is 5.10 Å². The molecule has 1 aromatic heterocycles. The number of nitrogens with two attached hydrogens (primary N) is 1. The number of benzene rings is 2. The van der Waals surface area contributed by atoms with E-state index in [2.05, 4.69) is 5.10 Å². The third kappa shape index (κ3) is 3.02. The molecule has 0 aliphatic rings. The van der Waals surface area contributed by atoms with Crippen LogP contribution in [0.15, 0.2) is 60.9 Å². The van der Waals surface area contributed by atoms with Gasteiger partial charge in [-0.3, -0.25) is 4.79 Å². The Morgan fingerprint density at radius 2 is 1.95 bits per heavy atom. The first kappa shape index (κ1) is 14.4. The molecule has 4 nitrogen and oxygen atoms in total. The zero-order chi connectivity index (χ0) is 15.5. The van der Waals surface area contributed by atoms with E-state index in [0.29, 0.717) is 16.3 Å². The van der Waals surface area contributed by atoms with Crippen LogP contribution < -0.4 is 5.73 Å². The van der Waals surface area contributed by atoms with E-state index in [0.717, 1.165) is 11.3 Å². The molecule has 3 rings (SSSR count). The van der Waals surface area contributed by atoms with E-state index in [1.807, 2.05) is 36.5 Å². The van der Waals surface area contributed by atoms with Gasteiger partial charge < -0.3 is 5.73 Å². The van der Waals surface area contributed by atoms with Gasteiger partial charge in [-0.05, 0) is 42.0 Å². The molecule has 0 atom stereocenters. The fourth-order valence-corrected chi connectivity index (χ4v) is 2.45. The molecule has 3 aromatic rings. The molecule has 110 valence electrons. The highest BCUT2D eigenvalue weighted by atomic mass is 35.5. The standard InChI is InChI=1S/C17H14ClN3O/c18-16-7-4-13(19)11-15(16)17(22)10-12-2-5-14(6-3-12)21-9-1-8-20-21/h1-9,11H,10,19H2. The maximum atomic E-state index is 12.3. The Kier molecular flexibility index (Phi) is 3.94. The lowest BCUT2D eigenvalue weighted by Crippen LogP contribution is -2.05. The van der Waals surface area contributed by atoms with Gasteiger partial charge in [-0.25, -0.2) is 4.68 Å². The predicted molar refractivity (Wildman–Crippen MR) is 87.5 cm³/mol. The van der Waals surface area contributed by atoms with Crippen molar-refractivity contribution in [2.24, 2.45) is 0 Å². The number of carbonyl (C=O) groups excluding carboxylic acids is 1. The SMILES string of the molecule is Nc1ccc(Cl)c(C(=O)Cc2ccc(-n3cccn3)cc2)c1. The Balaban J connectivity index is 1.78. The molecule has 0 saturated heterocycles. The average molecular weight is 312 g/mol. The molecule has 1 heterocycles. The Hall–Kier alpha value is -2.59. The van der Waals surface area contributed by atoms with Gasteiger partial charge in [-0.15, -0.1) is 0 Å². The largest absolute Gasteiger partial charge is 0.399 e. The monoisotopic (exact) mass is 311 g/mol. The Labute approximate surface area is 133 Å². The zero-order valence-electron chi connectivity index (χ0n) is 11.7. The predicted octanol–water partition coefficient (Wildman–Crippen LogP) is 3.53. The first-order valence-electron chi connectivity index (χ1n) is 6.80. The maximum absolute atomic E-state index is 12.3. The van der Waals surface area contributed by atoms with Crippen molar-refractivity contribution in [3.8, 4) is 5.69 Å². The van der Waals surface area contributed by atoms with E-state index in [-0.39, 0.29) is 12.2 Å². The van der Waals surface area contributed by atoms with Gasteiger partial charge in [0.1, 0.15) is 0 Å². The van der Waals surface area contributed by atoms with Crippen molar-refractivity contribution in [1.82, 2.24) is 9.78 Å². The van der Waals surface area contributed by atoms with Gasteiger partial charge in [0, 0.05) is 30.1 Å². The minimum absolute atomic E-state index is 0.0517. The van der Waals surface area contributed by atoms with Gasteiger partial charge in [0.25, 0.3) is 0 Å². The molecule has 0 bridgehead atoms. The summed E-state index contributed by atoms with van der Waals surface area (Å²) in [7, 11) is 0. The number of carbonyl (C=O) groups is 1. The van der Waals surface area contributed by atoms with E-state index in [4.69, 9.17) is 17.3 Å². The van der Waals surface area contributed by atoms with Crippen molar-refractivity contribution in [2.75, 3.05) is 5.73 Å². The summed E-state index contributed by atoms with van der Waals surface area (Å²) in [5.41, 5.74) is 8.56. The summed E-state index contributed by atoms with van der Waals surface area (Å²) in [6.45, 7) is 0. The molecular formula is C17H14ClN3O. The summed E-state index contributed by atoms with van der Waals surface area (Å²) in [6, 6.07) is 14.5. The fourth-order valence-electron chi connectivity index (χ4n) is 2.23. The van der Waals surface area contributed by atoms with Gasteiger partial charge in [-0.1, -0.05) is 23.7 Å². The second kappa shape index (κ2) is 6.03. The first-order valence-corrected chi connectivity index (χ1v) is 7.18. The average Bonchev–Trinajstić information content (AvgIpc) is 3.05. The number of nitrogens with zero attached hydrogens (tertiary/aromatic N) is 2. The maximum Gasteiger partial charge on any atom is 0.168 e. The topological polar surface area (TPSA) is 60.9 Å². The van der Waals surface area contributed by atoms with Crippen LogP contribution in [-0.2, 0) is 6.42 Å². The minimum atomic E-state index is -0.0517. The normalized spacial score (nSPS) is 10.6. The number of hydrogen-bond donors (Lipinski definition) is 1. The molecule has 22 heavy (non-hydrogen) atoms. The Morgan fingerprint density at radius 1 is 1.18 bits per heavy atom. The molecule has 0 unspecified atom stereocenters. The smallest absolute Gasteiger partial charge is 0.168 e. The fraction of sp³-hybridized carbons (Fsp3) is 0.0588. The number of hydrogen-bond acceptors (Lipinski definition) is 3. The molecule has 5 heteroatoms. The molecule has 0 fully saturated rings. The number of Topliss-reactive ketones (excluding diaryl/α,β-unsaturated/α-hetero) is 1. The third-order valence-corrected chi connectivity index (χ3v) is 3.69. The van der Waals surface area contributed by atoms with Crippen LogP contribution in [0.2, 0.25) is 5.02 Å². The van der Waals surface area contributed by atoms with Crippen LogP contribution >= 0.6 is 11.6 Å². The number of halogens is 1. The van der Waals surface area contributed by atoms with E-state index in [1.54, 1.807) is 29.1 Å². The number of nitrogen functional groups attached to an aromatic ring is 1. The molecule has 2 N–H and O–H groups in total. The summed E-state index contributed by atoms with van der Waals surface area (Å²) < 4.78 is 1.76. The van der Waals surface area contributed by atoms with Crippen LogP contribution in [0.4, 0.5) is 5.69 Å². The van der Waals surface area contributed by atoms with Gasteiger partial charge in [0.05, 0.1) is 10.7 Å². The molecular weight excluding hydrogens is 298 g/mol. The van der Waals surface area contributed by atoms with Crippen molar-refractivity contribution in [1.29, 1.82) is 0 Å². The van der Waals surface area contributed by atoms with Crippen LogP contribution in [0.1, 0.15) is 15.9 Å². The van der Waals surface area contributed by atoms with Crippen molar-refractivity contribution < 1.29 is 4.79 Å². The van der Waals surface area contributed by atoms with E-state index >= 15 is 0 Å². The van der Waals surface area contributed by atoms with Crippen molar-refractivity contribution >= 4 is 23.1 Å². The van der Waals surface area contributed by atoms with Gasteiger partial charge in [0.2, 0.25) is 0 Å². The summed E-state index contributed by atoms with van der Waals surface area (Å²) >= 11 is 6.06. The molecule has 0 aliphatic heterocycles. The van der Waals surface area contributed by atoms with Crippen molar-refractivity contribution in [3.63, 3.8) is 0 Å². The van der Waals surface area contributed by atoms with Gasteiger partial charge >= 0.3 is 0 Å². The molecule has 0 spiro atoms. The highest BCUT2D eigenvalue weighted by Crippen LogP contribution is 2.21. The highest BCUT2D eigenvalue weighted by Gasteiger charge is 2.11. The van der Waals surface area contributed by atoms with Crippen LogP contribution in [0.25, 0.3) is 5.69 Å². The van der Waals surface area contributed by atoms with Gasteiger partial charge in [0.15, 0.2) is 5.78 Å². The highest BCUT2D eigenvalue weighted by molar-refractivity contribution is 6.34. The van der Waals surface area contributed by atoms with E-state index in [9.17, 15) is 4.79 Å². The van der Waals surface area contributed by atoms with E-state index < -0.39 is 0 Å².